The molecule has 0 aromatic carbocycles. The second-order valence-corrected chi connectivity index (χ2v) is 2.57. The van der Waals surface area contributed by atoms with Crippen LogP contribution in [0.5, 0.6) is 0 Å². The van der Waals surface area contributed by atoms with Gasteiger partial charge in [0.1, 0.15) is 0 Å². The highest BCUT2D eigenvalue weighted by molar-refractivity contribution is 5.64. The van der Waals surface area contributed by atoms with Crippen molar-refractivity contribution in [1.82, 2.24) is 4.98 Å². The third-order valence-corrected chi connectivity index (χ3v) is 1.59. The van der Waals surface area contributed by atoms with Gasteiger partial charge in [-0.2, -0.15) is 0 Å². The van der Waals surface area contributed by atoms with Crippen LogP contribution in [0.15, 0.2) is 18.5 Å². The van der Waals surface area contributed by atoms with Crippen molar-refractivity contribution in [3.05, 3.63) is 18.5 Å². The van der Waals surface area contributed by atoms with Crippen LogP contribution in [0.25, 0.3) is 0 Å². The molecule has 0 fully saturated rings. The molecule has 0 spiro atoms. The second kappa shape index (κ2) is 5.04. The van der Waals surface area contributed by atoms with E-state index in [0.717, 1.165) is 18.7 Å². The van der Waals surface area contributed by atoms with Crippen molar-refractivity contribution in [3.8, 4) is 11.8 Å². The number of anilines is 2. The topological polar surface area (TPSA) is 50.9 Å². The zero-order chi connectivity index (χ0) is 9.52. The molecule has 0 radical (unpaired) electrons. The Bertz CT molecular complexity index is 322. The maximum atomic E-state index is 5.67. The normalized spacial score (nSPS) is 8.69. The average molecular weight is 175 g/mol. The minimum atomic E-state index is 0.673. The number of pyridine rings is 1. The van der Waals surface area contributed by atoms with E-state index in [0.29, 0.717) is 5.69 Å². The van der Waals surface area contributed by atoms with Crippen LogP contribution in [0.3, 0.4) is 0 Å². The summed E-state index contributed by atoms with van der Waals surface area (Å²) in [7, 11) is 0. The van der Waals surface area contributed by atoms with Crippen LogP contribution in [0.1, 0.15) is 13.3 Å². The van der Waals surface area contributed by atoms with Crippen LogP contribution in [-0.2, 0) is 0 Å². The quantitative estimate of drug-likeness (QED) is 0.540. The van der Waals surface area contributed by atoms with E-state index in [1.165, 1.54) is 0 Å². The van der Waals surface area contributed by atoms with Crippen molar-refractivity contribution in [2.24, 2.45) is 0 Å². The van der Waals surface area contributed by atoms with Gasteiger partial charge in [-0.1, -0.05) is 0 Å². The van der Waals surface area contributed by atoms with Crippen LogP contribution in [-0.4, -0.2) is 11.5 Å². The lowest BCUT2D eigenvalue weighted by Crippen LogP contribution is -2.03. The Morgan fingerprint density at radius 2 is 2.46 bits per heavy atom. The number of nitrogens with one attached hydrogen (secondary N) is 1. The third kappa shape index (κ3) is 3.04. The van der Waals surface area contributed by atoms with E-state index < -0.39 is 0 Å². The molecule has 0 saturated heterocycles. The van der Waals surface area contributed by atoms with Gasteiger partial charge in [-0.05, 0) is 13.0 Å². The molecule has 1 aromatic heterocycles. The molecule has 1 rings (SSSR count). The first-order valence-electron chi connectivity index (χ1n) is 4.17. The van der Waals surface area contributed by atoms with Crippen LogP contribution < -0.4 is 11.1 Å². The molecule has 3 heteroatoms. The minimum Gasteiger partial charge on any atom is -0.396 e. The zero-order valence-corrected chi connectivity index (χ0v) is 7.67. The maximum absolute atomic E-state index is 5.67. The Kier molecular flexibility index (Phi) is 3.65. The summed E-state index contributed by atoms with van der Waals surface area (Å²) in [4.78, 5) is 3.90. The van der Waals surface area contributed by atoms with Crippen molar-refractivity contribution in [1.29, 1.82) is 0 Å². The van der Waals surface area contributed by atoms with Crippen molar-refractivity contribution < 1.29 is 0 Å². The monoisotopic (exact) mass is 175 g/mol. The van der Waals surface area contributed by atoms with Gasteiger partial charge in [0.2, 0.25) is 0 Å². The summed E-state index contributed by atoms with van der Waals surface area (Å²) in [6.07, 6.45) is 4.18. The van der Waals surface area contributed by atoms with Gasteiger partial charge in [-0.3, -0.25) is 4.98 Å². The molecule has 13 heavy (non-hydrogen) atoms. The second-order valence-electron chi connectivity index (χ2n) is 2.57. The van der Waals surface area contributed by atoms with Crippen molar-refractivity contribution >= 4 is 11.4 Å². The number of nitrogen functional groups attached to an aromatic ring is 1. The molecular weight excluding hydrogens is 162 g/mol. The summed E-state index contributed by atoms with van der Waals surface area (Å²) in [5.41, 5.74) is 7.27. The number of nitrogens with zero attached hydrogens (tertiary/aromatic N) is 1. The van der Waals surface area contributed by atoms with Gasteiger partial charge >= 0.3 is 0 Å². The summed E-state index contributed by atoms with van der Waals surface area (Å²) in [6, 6.07) is 1.86. The maximum Gasteiger partial charge on any atom is 0.0736 e. The lowest BCUT2D eigenvalue weighted by molar-refractivity contribution is 1.09. The first-order chi connectivity index (χ1) is 6.34. The molecule has 0 bridgehead atoms. The Labute approximate surface area is 78.4 Å². The molecule has 3 N–H and O–H groups in total. The predicted molar refractivity (Wildman–Crippen MR) is 55.2 cm³/mol. The fraction of sp³-hybridized carbons (Fsp3) is 0.300. The molecule has 0 amide bonds. The third-order valence-electron chi connectivity index (χ3n) is 1.59. The van der Waals surface area contributed by atoms with E-state index in [1.807, 2.05) is 13.0 Å². The van der Waals surface area contributed by atoms with Gasteiger partial charge in [-0.15, -0.1) is 11.8 Å². The number of hydrogen-bond acceptors (Lipinski definition) is 3. The van der Waals surface area contributed by atoms with E-state index in [-0.39, 0.29) is 0 Å². The lowest BCUT2D eigenvalue weighted by atomic mass is 10.3. The summed E-state index contributed by atoms with van der Waals surface area (Å²) < 4.78 is 0. The molecule has 1 aromatic rings. The number of nitrogens with two attached hydrogens (primary N) is 1. The fourth-order valence-electron chi connectivity index (χ4n) is 0.952. The highest BCUT2D eigenvalue weighted by Crippen LogP contribution is 2.14. The number of aromatic nitrogens is 1. The van der Waals surface area contributed by atoms with Crippen LogP contribution >= 0.6 is 0 Å². The largest absolute Gasteiger partial charge is 0.396 e. The van der Waals surface area contributed by atoms with Gasteiger partial charge in [0.05, 0.1) is 17.6 Å². The van der Waals surface area contributed by atoms with E-state index in [4.69, 9.17) is 5.73 Å². The van der Waals surface area contributed by atoms with Crippen LogP contribution in [0.2, 0.25) is 0 Å². The van der Waals surface area contributed by atoms with Gasteiger partial charge in [0.25, 0.3) is 0 Å². The molecule has 0 unspecified atom stereocenters. The molecular formula is C10H13N3. The van der Waals surface area contributed by atoms with Crippen molar-refractivity contribution in [2.75, 3.05) is 17.6 Å². The first-order valence-corrected chi connectivity index (χ1v) is 4.17. The zero-order valence-electron chi connectivity index (χ0n) is 7.67. The molecule has 0 saturated carbocycles. The lowest BCUT2D eigenvalue weighted by Gasteiger charge is -2.05. The van der Waals surface area contributed by atoms with Crippen LogP contribution in [0.4, 0.5) is 11.4 Å². The predicted octanol–water partition coefficient (Wildman–Crippen LogP) is 1.49. The molecule has 0 aliphatic rings. The Balaban J connectivity index is 2.44. The Hall–Kier alpha value is -1.69. The van der Waals surface area contributed by atoms with Crippen molar-refractivity contribution in [2.45, 2.75) is 13.3 Å². The van der Waals surface area contributed by atoms with E-state index in [9.17, 15) is 0 Å². The van der Waals surface area contributed by atoms with Gasteiger partial charge in [0, 0.05) is 19.2 Å². The SMILES string of the molecule is CC#CCCNc1ccncc1N. The van der Waals surface area contributed by atoms with Gasteiger partial charge in [0.15, 0.2) is 0 Å². The average Bonchev–Trinajstić information content (AvgIpc) is 2.15. The Morgan fingerprint density at radius 3 is 3.15 bits per heavy atom. The smallest absolute Gasteiger partial charge is 0.0736 e. The summed E-state index contributed by atoms with van der Waals surface area (Å²) in [6.45, 7) is 2.65. The molecule has 3 nitrogen and oxygen atoms in total. The fourth-order valence-corrected chi connectivity index (χ4v) is 0.952. The highest BCUT2D eigenvalue weighted by atomic mass is 14.9. The molecule has 0 aliphatic carbocycles. The van der Waals surface area contributed by atoms with E-state index >= 15 is 0 Å². The molecule has 0 aliphatic heterocycles. The summed E-state index contributed by atoms with van der Waals surface area (Å²) in [5.74, 6) is 5.80. The molecule has 1 heterocycles. The van der Waals surface area contributed by atoms with E-state index in [1.54, 1.807) is 12.4 Å². The minimum absolute atomic E-state index is 0.673. The first kappa shape index (κ1) is 9.40. The van der Waals surface area contributed by atoms with Crippen molar-refractivity contribution in [3.63, 3.8) is 0 Å². The Morgan fingerprint density at radius 1 is 1.62 bits per heavy atom. The van der Waals surface area contributed by atoms with Gasteiger partial charge < -0.3 is 11.1 Å². The number of rotatable bonds is 3. The summed E-state index contributed by atoms with van der Waals surface area (Å²) in [5, 5.41) is 3.18. The molecule has 68 valence electrons. The number of hydrogen-bond donors (Lipinski definition) is 2. The standard InChI is InChI=1S/C10H13N3/c1-2-3-4-6-13-10-5-7-12-8-9(10)11/h5,7-8H,4,6,11H2,1H3,(H,12,13). The summed E-state index contributed by atoms with van der Waals surface area (Å²) >= 11 is 0. The molecule has 0 atom stereocenters. The van der Waals surface area contributed by atoms with Crippen LogP contribution in [0, 0.1) is 11.8 Å². The van der Waals surface area contributed by atoms with E-state index in [2.05, 4.69) is 22.1 Å². The van der Waals surface area contributed by atoms with Gasteiger partial charge in [-0.25, -0.2) is 0 Å². The highest BCUT2D eigenvalue weighted by Gasteiger charge is 1.94.